The maximum Gasteiger partial charge on any atom is 0.295 e. The van der Waals surface area contributed by atoms with Gasteiger partial charge >= 0.3 is 0 Å². The lowest BCUT2D eigenvalue weighted by atomic mass is 10.1. The van der Waals surface area contributed by atoms with E-state index < -0.39 is 6.04 Å². The average Bonchev–Trinajstić information content (AvgIpc) is 3.13. The van der Waals surface area contributed by atoms with Gasteiger partial charge < -0.3 is 5.32 Å². The quantitative estimate of drug-likeness (QED) is 0.484. The molecule has 0 spiro atoms. The van der Waals surface area contributed by atoms with E-state index in [0.29, 0.717) is 17.6 Å². The first kappa shape index (κ1) is 22.5. The van der Waals surface area contributed by atoms with Gasteiger partial charge in [-0.15, -0.1) is 0 Å². The molecule has 7 nitrogen and oxygen atoms in total. The number of benzene rings is 2. The van der Waals surface area contributed by atoms with E-state index in [9.17, 15) is 9.59 Å². The Labute approximate surface area is 193 Å². The molecule has 0 aliphatic heterocycles. The minimum absolute atomic E-state index is 0.266. The molecule has 0 saturated heterocycles. The predicted molar refractivity (Wildman–Crippen MR) is 131 cm³/mol. The molecule has 0 unspecified atom stereocenters. The van der Waals surface area contributed by atoms with E-state index in [0.717, 1.165) is 39.1 Å². The maximum atomic E-state index is 13.5. The van der Waals surface area contributed by atoms with Crippen LogP contribution in [0.15, 0.2) is 47.3 Å². The van der Waals surface area contributed by atoms with Crippen molar-refractivity contribution in [2.45, 2.75) is 54.0 Å². The van der Waals surface area contributed by atoms with Crippen LogP contribution in [0.2, 0.25) is 0 Å². The van der Waals surface area contributed by atoms with Gasteiger partial charge in [0.25, 0.3) is 5.56 Å². The molecule has 7 heteroatoms. The van der Waals surface area contributed by atoms with Crippen molar-refractivity contribution >= 4 is 22.5 Å². The van der Waals surface area contributed by atoms with E-state index in [2.05, 4.69) is 15.5 Å². The Morgan fingerprint density at radius 2 is 1.61 bits per heavy atom. The van der Waals surface area contributed by atoms with Crippen LogP contribution in [0.25, 0.3) is 16.6 Å². The minimum atomic E-state index is -0.746. The van der Waals surface area contributed by atoms with Gasteiger partial charge in [-0.2, -0.15) is 10.2 Å². The number of aromatic nitrogens is 4. The first-order chi connectivity index (χ1) is 15.7. The van der Waals surface area contributed by atoms with E-state index in [-0.39, 0.29) is 11.5 Å². The van der Waals surface area contributed by atoms with Crippen molar-refractivity contribution in [3.63, 3.8) is 0 Å². The SMILES string of the molecule is CC[C@@H](C(=O)Nc1c(C)cccc1C)n1nc(C)c2c(C)n(-c3ccc(C)cc3)nc2c1=O. The molecule has 170 valence electrons. The Morgan fingerprint density at radius 1 is 0.970 bits per heavy atom. The van der Waals surface area contributed by atoms with Gasteiger partial charge in [-0.1, -0.05) is 42.8 Å². The molecule has 4 aromatic rings. The van der Waals surface area contributed by atoms with Gasteiger partial charge in [0.15, 0.2) is 5.52 Å². The van der Waals surface area contributed by atoms with Crippen LogP contribution in [0, 0.1) is 34.6 Å². The largest absolute Gasteiger partial charge is 0.324 e. The van der Waals surface area contributed by atoms with Crippen LogP contribution in [0.1, 0.15) is 47.5 Å². The standard InChI is InChI=1S/C26H29N5O2/c1-7-21(25(32)27-23-16(3)9-8-10-17(23)4)31-26(33)24-22(18(5)28-31)19(6)30(29-24)20-13-11-15(2)12-14-20/h8-14,21H,7H2,1-6H3,(H,27,32)/t21-/m0/s1. The topological polar surface area (TPSA) is 81.8 Å². The number of carbonyl (C=O) groups is 1. The molecule has 33 heavy (non-hydrogen) atoms. The summed E-state index contributed by atoms with van der Waals surface area (Å²) in [6.45, 7) is 11.6. The number of aryl methyl sites for hydroxylation is 5. The number of nitrogens with one attached hydrogen (secondary N) is 1. The zero-order chi connectivity index (χ0) is 23.9. The second kappa shape index (κ2) is 8.65. The number of para-hydroxylation sites is 1. The van der Waals surface area contributed by atoms with Gasteiger partial charge in [0.05, 0.1) is 22.5 Å². The lowest BCUT2D eigenvalue weighted by molar-refractivity contribution is -0.119. The molecule has 2 aromatic heterocycles. The first-order valence-electron chi connectivity index (χ1n) is 11.2. The van der Waals surface area contributed by atoms with Crippen LogP contribution < -0.4 is 10.9 Å². The molecule has 0 aliphatic rings. The van der Waals surface area contributed by atoms with Crippen molar-refractivity contribution in [2.75, 3.05) is 5.32 Å². The van der Waals surface area contributed by atoms with Gasteiger partial charge in [-0.25, -0.2) is 9.36 Å². The van der Waals surface area contributed by atoms with E-state index in [1.807, 2.05) is 84.0 Å². The van der Waals surface area contributed by atoms with Crippen LogP contribution in [0.3, 0.4) is 0 Å². The summed E-state index contributed by atoms with van der Waals surface area (Å²) in [4.78, 5) is 26.7. The molecule has 1 atom stereocenters. The number of anilines is 1. The zero-order valence-corrected chi connectivity index (χ0v) is 19.9. The van der Waals surface area contributed by atoms with E-state index in [1.165, 1.54) is 4.68 Å². The average molecular weight is 444 g/mol. The van der Waals surface area contributed by atoms with E-state index >= 15 is 0 Å². The van der Waals surface area contributed by atoms with Crippen molar-refractivity contribution in [2.24, 2.45) is 0 Å². The summed E-state index contributed by atoms with van der Waals surface area (Å²) in [5.74, 6) is -0.266. The summed E-state index contributed by atoms with van der Waals surface area (Å²) in [5.41, 5.74) is 6.19. The van der Waals surface area contributed by atoms with Crippen molar-refractivity contribution in [3.8, 4) is 5.69 Å². The number of nitrogens with zero attached hydrogens (tertiary/aromatic N) is 4. The molecule has 0 fully saturated rings. The molecule has 2 aromatic carbocycles. The monoisotopic (exact) mass is 443 g/mol. The molecular weight excluding hydrogens is 414 g/mol. The van der Waals surface area contributed by atoms with Crippen LogP contribution in [-0.4, -0.2) is 25.5 Å². The molecule has 0 saturated carbocycles. The third-order valence-electron chi connectivity index (χ3n) is 6.14. The van der Waals surface area contributed by atoms with E-state index in [4.69, 9.17) is 0 Å². The van der Waals surface area contributed by atoms with Crippen molar-refractivity contribution in [3.05, 3.63) is 80.9 Å². The summed E-state index contributed by atoms with van der Waals surface area (Å²) in [6.07, 6.45) is 0.423. The highest BCUT2D eigenvalue weighted by Crippen LogP contribution is 2.24. The Hall–Kier alpha value is -3.74. The highest BCUT2D eigenvalue weighted by atomic mass is 16.2. The Balaban J connectivity index is 1.80. The normalized spacial score (nSPS) is 12.2. The van der Waals surface area contributed by atoms with Crippen molar-refractivity contribution in [1.82, 2.24) is 19.6 Å². The molecule has 4 rings (SSSR count). The number of hydrogen-bond donors (Lipinski definition) is 1. The summed E-state index contributed by atoms with van der Waals surface area (Å²) >= 11 is 0. The Bertz CT molecular complexity index is 1390. The van der Waals surface area contributed by atoms with Crippen LogP contribution >= 0.6 is 0 Å². The molecule has 1 amide bonds. The van der Waals surface area contributed by atoms with Crippen LogP contribution in [0.4, 0.5) is 5.69 Å². The van der Waals surface area contributed by atoms with Gasteiger partial charge in [-0.05, 0) is 64.3 Å². The summed E-state index contributed by atoms with van der Waals surface area (Å²) in [7, 11) is 0. The lowest BCUT2D eigenvalue weighted by Gasteiger charge is -2.19. The third kappa shape index (κ3) is 3.95. The number of fused-ring (bicyclic) bond motifs is 1. The van der Waals surface area contributed by atoms with Crippen molar-refractivity contribution in [1.29, 1.82) is 0 Å². The third-order valence-corrected chi connectivity index (χ3v) is 6.14. The maximum absolute atomic E-state index is 13.5. The molecule has 1 N–H and O–H groups in total. The first-order valence-corrected chi connectivity index (χ1v) is 11.2. The summed E-state index contributed by atoms with van der Waals surface area (Å²) < 4.78 is 3.05. The predicted octanol–water partition coefficient (Wildman–Crippen LogP) is 4.71. The van der Waals surface area contributed by atoms with Gasteiger partial charge in [0.1, 0.15) is 6.04 Å². The fourth-order valence-electron chi connectivity index (χ4n) is 4.29. The van der Waals surface area contributed by atoms with E-state index in [1.54, 1.807) is 4.68 Å². The minimum Gasteiger partial charge on any atom is -0.324 e. The fraction of sp³-hybridized carbons (Fsp3) is 0.308. The van der Waals surface area contributed by atoms with Crippen LogP contribution in [-0.2, 0) is 4.79 Å². The zero-order valence-electron chi connectivity index (χ0n) is 19.9. The molecule has 0 radical (unpaired) electrons. The van der Waals surface area contributed by atoms with Crippen molar-refractivity contribution < 1.29 is 4.79 Å². The fourth-order valence-corrected chi connectivity index (χ4v) is 4.29. The summed E-state index contributed by atoms with van der Waals surface area (Å²) in [6, 6.07) is 13.1. The highest BCUT2D eigenvalue weighted by molar-refractivity contribution is 5.95. The van der Waals surface area contributed by atoms with Crippen LogP contribution in [0.5, 0.6) is 0 Å². The second-order valence-corrected chi connectivity index (χ2v) is 8.57. The number of rotatable bonds is 5. The Kier molecular flexibility index (Phi) is 5.89. The smallest absolute Gasteiger partial charge is 0.295 e. The number of hydrogen-bond acceptors (Lipinski definition) is 4. The second-order valence-electron chi connectivity index (χ2n) is 8.57. The molecule has 0 bridgehead atoms. The summed E-state index contributed by atoms with van der Waals surface area (Å²) in [5, 5.41) is 12.9. The number of amides is 1. The molecule has 2 heterocycles. The van der Waals surface area contributed by atoms with Gasteiger partial charge in [0, 0.05) is 5.69 Å². The lowest BCUT2D eigenvalue weighted by Crippen LogP contribution is -2.35. The molecular formula is C26H29N5O2. The highest BCUT2D eigenvalue weighted by Gasteiger charge is 2.26. The Morgan fingerprint density at radius 3 is 2.21 bits per heavy atom. The van der Waals surface area contributed by atoms with Gasteiger partial charge in [0.2, 0.25) is 5.91 Å². The van der Waals surface area contributed by atoms with Gasteiger partial charge in [-0.3, -0.25) is 9.59 Å². The number of carbonyl (C=O) groups excluding carboxylic acids is 1. The molecule has 0 aliphatic carbocycles.